The topological polar surface area (TPSA) is 12.0 Å². The third-order valence-electron chi connectivity index (χ3n) is 3.14. The van der Waals surface area contributed by atoms with E-state index in [1.54, 1.807) is 6.07 Å². The number of hydrogen-bond donors (Lipinski definition) is 1. The molecule has 0 aliphatic rings. The van der Waals surface area contributed by atoms with Crippen LogP contribution in [-0.4, -0.2) is 12.1 Å². The number of hydrogen-bond acceptors (Lipinski definition) is 1. The summed E-state index contributed by atoms with van der Waals surface area (Å²) >= 11 is 6.10. The molecule has 0 fully saturated rings. The molecule has 1 unspecified atom stereocenters. The van der Waals surface area contributed by atoms with Crippen molar-refractivity contribution < 1.29 is 4.39 Å². The molecular formula is C16H25ClFN. The minimum Gasteiger partial charge on any atom is -0.312 e. The largest absolute Gasteiger partial charge is 0.312 e. The standard InChI is InChI=1S/C16H25ClFN/c1-5-6-12(11-19-16(2,3)4)9-13-7-8-14(18)10-15(13)17/h7-8,10,12,19H,5-6,9,11H2,1-4H3. The van der Waals surface area contributed by atoms with E-state index in [2.05, 4.69) is 33.0 Å². The molecule has 0 spiro atoms. The summed E-state index contributed by atoms with van der Waals surface area (Å²) in [7, 11) is 0. The fraction of sp³-hybridized carbons (Fsp3) is 0.625. The van der Waals surface area contributed by atoms with Gasteiger partial charge in [0.1, 0.15) is 5.82 Å². The molecule has 0 saturated carbocycles. The first-order valence-corrected chi connectivity index (χ1v) is 7.38. The molecule has 108 valence electrons. The summed E-state index contributed by atoms with van der Waals surface area (Å²) in [6.07, 6.45) is 3.20. The molecule has 19 heavy (non-hydrogen) atoms. The molecule has 1 aromatic carbocycles. The van der Waals surface area contributed by atoms with Crippen molar-refractivity contribution in [2.45, 2.75) is 52.5 Å². The van der Waals surface area contributed by atoms with Gasteiger partial charge in [-0.25, -0.2) is 4.39 Å². The van der Waals surface area contributed by atoms with Crippen molar-refractivity contribution in [3.8, 4) is 0 Å². The lowest BCUT2D eigenvalue weighted by molar-refractivity contribution is 0.355. The Morgan fingerprint density at radius 1 is 1.32 bits per heavy atom. The van der Waals surface area contributed by atoms with Gasteiger partial charge in [-0.1, -0.05) is 31.0 Å². The van der Waals surface area contributed by atoms with Crippen LogP contribution in [0.1, 0.15) is 46.1 Å². The van der Waals surface area contributed by atoms with Gasteiger partial charge in [0, 0.05) is 10.6 Å². The first-order chi connectivity index (χ1) is 8.81. The lowest BCUT2D eigenvalue weighted by atomic mass is 9.94. The highest BCUT2D eigenvalue weighted by molar-refractivity contribution is 6.31. The number of benzene rings is 1. The maximum absolute atomic E-state index is 13.0. The fourth-order valence-corrected chi connectivity index (χ4v) is 2.38. The molecule has 1 atom stereocenters. The van der Waals surface area contributed by atoms with Crippen molar-refractivity contribution in [3.05, 3.63) is 34.6 Å². The molecule has 0 radical (unpaired) electrons. The lowest BCUT2D eigenvalue weighted by Gasteiger charge is -2.25. The summed E-state index contributed by atoms with van der Waals surface area (Å²) in [6, 6.07) is 4.69. The van der Waals surface area contributed by atoms with Crippen molar-refractivity contribution in [3.63, 3.8) is 0 Å². The van der Waals surface area contributed by atoms with Crippen LogP contribution in [0, 0.1) is 11.7 Å². The van der Waals surface area contributed by atoms with E-state index in [0.29, 0.717) is 10.9 Å². The first kappa shape index (κ1) is 16.5. The lowest BCUT2D eigenvalue weighted by Crippen LogP contribution is -2.39. The summed E-state index contributed by atoms with van der Waals surface area (Å²) in [4.78, 5) is 0. The maximum atomic E-state index is 13.0. The van der Waals surface area contributed by atoms with E-state index in [9.17, 15) is 4.39 Å². The van der Waals surface area contributed by atoms with E-state index in [-0.39, 0.29) is 11.4 Å². The Labute approximate surface area is 121 Å². The fourth-order valence-electron chi connectivity index (χ4n) is 2.13. The van der Waals surface area contributed by atoms with Crippen molar-refractivity contribution >= 4 is 11.6 Å². The van der Waals surface area contributed by atoms with E-state index in [4.69, 9.17) is 11.6 Å². The van der Waals surface area contributed by atoms with Crippen LogP contribution in [-0.2, 0) is 6.42 Å². The van der Waals surface area contributed by atoms with Crippen molar-refractivity contribution in [2.24, 2.45) is 5.92 Å². The Bertz CT molecular complexity index is 398. The highest BCUT2D eigenvalue weighted by Crippen LogP contribution is 2.22. The summed E-state index contributed by atoms with van der Waals surface area (Å²) in [5, 5.41) is 4.08. The summed E-state index contributed by atoms with van der Waals surface area (Å²) in [5.74, 6) is 0.265. The van der Waals surface area contributed by atoms with E-state index >= 15 is 0 Å². The molecule has 1 N–H and O–H groups in total. The molecule has 1 aromatic rings. The quantitative estimate of drug-likeness (QED) is 0.790. The minimum absolute atomic E-state index is 0.124. The van der Waals surface area contributed by atoms with Gasteiger partial charge >= 0.3 is 0 Å². The summed E-state index contributed by atoms with van der Waals surface area (Å²) in [5.41, 5.74) is 1.16. The SMILES string of the molecule is CCCC(CNC(C)(C)C)Cc1ccc(F)cc1Cl. The average molecular weight is 286 g/mol. The zero-order valence-corrected chi connectivity index (χ0v) is 13.1. The molecule has 0 heterocycles. The van der Waals surface area contributed by atoms with Crippen LogP contribution in [0.15, 0.2) is 18.2 Å². The van der Waals surface area contributed by atoms with Crippen molar-refractivity contribution in [1.82, 2.24) is 5.32 Å². The van der Waals surface area contributed by atoms with Crippen LogP contribution in [0.4, 0.5) is 4.39 Å². The Balaban J connectivity index is 2.67. The van der Waals surface area contributed by atoms with Crippen LogP contribution in [0.5, 0.6) is 0 Å². The Morgan fingerprint density at radius 3 is 2.53 bits per heavy atom. The minimum atomic E-state index is -0.270. The highest BCUT2D eigenvalue weighted by atomic mass is 35.5. The zero-order chi connectivity index (χ0) is 14.5. The van der Waals surface area contributed by atoms with Gasteiger partial charge in [0.05, 0.1) is 0 Å². The Kier molecular flexibility index (Phi) is 6.28. The summed E-state index contributed by atoms with van der Waals surface area (Å²) in [6.45, 7) is 9.66. The van der Waals surface area contributed by atoms with Gasteiger partial charge in [-0.15, -0.1) is 0 Å². The summed E-state index contributed by atoms with van der Waals surface area (Å²) < 4.78 is 13.0. The van der Waals surface area contributed by atoms with Gasteiger partial charge in [-0.05, 0) is 63.8 Å². The van der Waals surface area contributed by atoms with Crippen LogP contribution in [0.25, 0.3) is 0 Å². The third kappa shape index (κ3) is 6.40. The second-order valence-corrected chi connectivity index (χ2v) is 6.63. The predicted octanol–water partition coefficient (Wildman–Crippen LogP) is 4.83. The number of nitrogens with one attached hydrogen (secondary N) is 1. The average Bonchev–Trinajstić information content (AvgIpc) is 2.28. The van der Waals surface area contributed by atoms with E-state index < -0.39 is 0 Å². The van der Waals surface area contributed by atoms with Crippen LogP contribution in [0.3, 0.4) is 0 Å². The van der Waals surface area contributed by atoms with Crippen molar-refractivity contribution in [2.75, 3.05) is 6.54 Å². The molecule has 0 amide bonds. The molecule has 0 aromatic heterocycles. The van der Waals surface area contributed by atoms with Gasteiger partial charge in [0.15, 0.2) is 0 Å². The van der Waals surface area contributed by atoms with Crippen molar-refractivity contribution in [1.29, 1.82) is 0 Å². The highest BCUT2D eigenvalue weighted by Gasteiger charge is 2.15. The monoisotopic (exact) mass is 285 g/mol. The van der Waals surface area contributed by atoms with Crippen LogP contribution >= 0.6 is 11.6 Å². The molecule has 1 nitrogen and oxygen atoms in total. The van der Waals surface area contributed by atoms with Gasteiger partial charge in [0.25, 0.3) is 0 Å². The Morgan fingerprint density at radius 2 is 2.00 bits per heavy atom. The molecule has 0 saturated heterocycles. The second-order valence-electron chi connectivity index (χ2n) is 6.23. The first-order valence-electron chi connectivity index (χ1n) is 7.00. The number of rotatable bonds is 6. The predicted molar refractivity (Wildman–Crippen MR) is 81.3 cm³/mol. The van der Waals surface area contributed by atoms with Gasteiger partial charge in [0.2, 0.25) is 0 Å². The van der Waals surface area contributed by atoms with E-state index in [1.807, 2.05) is 0 Å². The van der Waals surface area contributed by atoms with E-state index in [0.717, 1.165) is 31.4 Å². The van der Waals surface area contributed by atoms with E-state index in [1.165, 1.54) is 12.1 Å². The molecular weight excluding hydrogens is 261 g/mol. The molecule has 3 heteroatoms. The van der Waals surface area contributed by atoms with Gasteiger partial charge in [-0.2, -0.15) is 0 Å². The maximum Gasteiger partial charge on any atom is 0.124 e. The van der Waals surface area contributed by atoms with Crippen LogP contribution < -0.4 is 5.32 Å². The molecule has 1 rings (SSSR count). The molecule has 0 bridgehead atoms. The molecule has 0 aliphatic carbocycles. The third-order valence-corrected chi connectivity index (χ3v) is 3.49. The second kappa shape index (κ2) is 7.25. The van der Waals surface area contributed by atoms with Gasteiger partial charge < -0.3 is 5.32 Å². The zero-order valence-electron chi connectivity index (χ0n) is 12.4. The molecule has 0 aliphatic heterocycles. The number of halogens is 2. The van der Waals surface area contributed by atoms with Crippen LogP contribution in [0.2, 0.25) is 5.02 Å². The normalized spacial score (nSPS) is 13.6. The van der Waals surface area contributed by atoms with Gasteiger partial charge in [-0.3, -0.25) is 0 Å². The Hall–Kier alpha value is -0.600. The smallest absolute Gasteiger partial charge is 0.124 e.